The van der Waals surface area contributed by atoms with Gasteiger partial charge in [0.1, 0.15) is 5.56 Å². The van der Waals surface area contributed by atoms with Crippen molar-refractivity contribution in [2.24, 2.45) is 5.73 Å². The lowest BCUT2D eigenvalue weighted by Gasteiger charge is -2.11. The van der Waals surface area contributed by atoms with Crippen LogP contribution in [0.2, 0.25) is 10.0 Å². The lowest BCUT2D eigenvalue weighted by Crippen LogP contribution is -2.18. The standard InChI is InChI=1S/C13H5Cl2F4NO/c14-4-1-2-5(6(15)3-4)7-9(16)11(18)8(13(20)21)12(19)10(7)17/h1-3H,(H2,20,21). The molecule has 0 aliphatic carbocycles. The largest absolute Gasteiger partial charge is 0.365 e. The molecule has 0 aliphatic rings. The number of amides is 1. The van der Waals surface area contributed by atoms with E-state index < -0.39 is 40.3 Å². The maximum Gasteiger partial charge on any atom is 0.254 e. The van der Waals surface area contributed by atoms with Crippen LogP contribution in [0.15, 0.2) is 18.2 Å². The van der Waals surface area contributed by atoms with Crippen molar-refractivity contribution in [3.8, 4) is 11.1 Å². The van der Waals surface area contributed by atoms with E-state index in [0.717, 1.165) is 12.1 Å². The second-order valence-electron chi connectivity index (χ2n) is 3.99. The van der Waals surface area contributed by atoms with Crippen molar-refractivity contribution in [2.45, 2.75) is 0 Å². The molecule has 2 aromatic rings. The Labute approximate surface area is 126 Å². The molecule has 2 aromatic carbocycles. The molecule has 0 bridgehead atoms. The maximum absolute atomic E-state index is 13.9. The number of hydrogen-bond acceptors (Lipinski definition) is 1. The fraction of sp³-hybridized carbons (Fsp3) is 0. The van der Waals surface area contributed by atoms with Crippen LogP contribution in [0.25, 0.3) is 11.1 Å². The molecule has 0 radical (unpaired) electrons. The Morgan fingerprint density at radius 3 is 1.90 bits per heavy atom. The summed E-state index contributed by atoms with van der Waals surface area (Å²) in [5.41, 5.74) is 1.85. The van der Waals surface area contributed by atoms with E-state index in [1.165, 1.54) is 6.07 Å². The number of hydrogen-bond donors (Lipinski definition) is 1. The number of rotatable bonds is 2. The molecule has 0 fully saturated rings. The average molecular weight is 338 g/mol. The summed E-state index contributed by atoms with van der Waals surface area (Å²) >= 11 is 11.4. The van der Waals surface area contributed by atoms with Crippen molar-refractivity contribution in [1.82, 2.24) is 0 Å². The highest BCUT2D eigenvalue weighted by Crippen LogP contribution is 2.36. The Bertz CT molecular complexity index is 735. The lowest BCUT2D eigenvalue weighted by molar-refractivity contribution is 0.0990. The van der Waals surface area contributed by atoms with Gasteiger partial charge in [0.2, 0.25) is 0 Å². The third-order valence-electron chi connectivity index (χ3n) is 2.71. The molecule has 2 nitrogen and oxygen atoms in total. The minimum absolute atomic E-state index is 0.166. The molecule has 0 aliphatic heterocycles. The smallest absolute Gasteiger partial charge is 0.254 e. The van der Waals surface area contributed by atoms with Crippen molar-refractivity contribution in [1.29, 1.82) is 0 Å². The van der Waals surface area contributed by atoms with Crippen LogP contribution in [0.1, 0.15) is 10.4 Å². The molecular weight excluding hydrogens is 333 g/mol. The van der Waals surface area contributed by atoms with E-state index in [-0.39, 0.29) is 15.6 Å². The summed E-state index contributed by atoms with van der Waals surface area (Å²) < 4.78 is 55.3. The molecule has 2 N–H and O–H groups in total. The first kappa shape index (κ1) is 15.6. The van der Waals surface area contributed by atoms with Crippen molar-refractivity contribution >= 4 is 29.1 Å². The van der Waals surface area contributed by atoms with Gasteiger partial charge in [-0.25, -0.2) is 17.6 Å². The summed E-state index contributed by atoms with van der Waals surface area (Å²) in [7, 11) is 0. The van der Waals surface area contributed by atoms with E-state index in [1.807, 2.05) is 0 Å². The molecule has 0 spiro atoms. The molecule has 110 valence electrons. The van der Waals surface area contributed by atoms with Crippen LogP contribution >= 0.6 is 23.2 Å². The van der Waals surface area contributed by atoms with Crippen molar-refractivity contribution in [2.75, 3.05) is 0 Å². The van der Waals surface area contributed by atoms with Crippen LogP contribution in [0.3, 0.4) is 0 Å². The molecule has 1 amide bonds. The van der Waals surface area contributed by atoms with E-state index in [0.29, 0.717) is 0 Å². The molecular formula is C13H5Cl2F4NO. The van der Waals surface area contributed by atoms with E-state index in [9.17, 15) is 22.4 Å². The van der Waals surface area contributed by atoms with Crippen LogP contribution < -0.4 is 5.73 Å². The van der Waals surface area contributed by atoms with Crippen molar-refractivity contribution in [3.63, 3.8) is 0 Å². The molecule has 21 heavy (non-hydrogen) atoms. The van der Waals surface area contributed by atoms with Gasteiger partial charge in [0, 0.05) is 10.6 Å². The predicted octanol–water partition coefficient (Wildman–Crippen LogP) is 4.32. The summed E-state index contributed by atoms with van der Waals surface area (Å²) in [4.78, 5) is 10.9. The summed E-state index contributed by atoms with van der Waals surface area (Å²) in [6.07, 6.45) is 0. The van der Waals surface area contributed by atoms with Gasteiger partial charge in [0.05, 0.1) is 10.6 Å². The fourth-order valence-electron chi connectivity index (χ4n) is 1.78. The second kappa shape index (κ2) is 5.54. The van der Waals surface area contributed by atoms with Gasteiger partial charge < -0.3 is 5.73 Å². The van der Waals surface area contributed by atoms with Crippen LogP contribution in [0.4, 0.5) is 17.6 Å². The first-order valence-electron chi connectivity index (χ1n) is 5.36. The number of carbonyl (C=O) groups excluding carboxylic acids is 1. The summed E-state index contributed by atoms with van der Waals surface area (Å²) in [6.45, 7) is 0. The topological polar surface area (TPSA) is 43.1 Å². The van der Waals surface area contributed by atoms with E-state index in [1.54, 1.807) is 0 Å². The van der Waals surface area contributed by atoms with Crippen molar-refractivity contribution in [3.05, 3.63) is 57.1 Å². The van der Waals surface area contributed by atoms with E-state index in [2.05, 4.69) is 0 Å². The summed E-state index contributed by atoms with van der Waals surface area (Å²) in [6, 6.07) is 3.48. The Balaban J connectivity index is 2.85. The molecule has 0 unspecified atom stereocenters. The molecule has 0 atom stereocenters. The number of benzene rings is 2. The lowest BCUT2D eigenvalue weighted by atomic mass is 10.0. The van der Waals surface area contributed by atoms with Crippen LogP contribution in [-0.4, -0.2) is 5.91 Å². The number of halogens is 6. The number of carbonyl (C=O) groups is 1. The maximum atomic E-state index is 13.9. The first-order chi connectivity index (χ1) is 9.75. The highest BCUT2D eigenvalue weighted by Gasteiger charge is 2.29. The summed E-state index contributed by atoms with van der Waals surface area (Å²) in [5, 5.41) is -0.0507. The molecule has 8 heteroatoms. The van der Waals surface area contributed by atoms with Gasteiger partial charge in [-0.05, 0) is 12.1 Å². The van der Waals surface area contributed by atoms with Gasteiger partial charge in [0.15, 0.2) is 23.3 Å². The van der Waals surface area contributed by atoms with Crippen LogP contribution in [0, 0.1) is 23.3 Å². The van der Waals surface area contributed by atoms with Gasteiger partial charge in [0.25, 0.3) is 5.91 Å². The zero-order chi connectivity index (χ0) is 15.9. The molecule has 0 heterocycles. The third kappa shape index (κ3) is 2.56. The second-order valence-corrected chi connectivity index (χ2v) is 4.84. The highest BCUT2D eigenvalue weighted by atomic mass is 35.5. The Hall–Kier alpha value is -1.79. The molecule has 0 aromatic heterocycles. The Kier molecular flexibility index (Phi) is 4.11. The van der Waals surface area contributed by atoms with Gasteiger partial charge in [-0.1, -0.05) is 29.3 Å². The highest BCUT2D eigenvalue weighted by molar-refractivity contribution is 6.36. The quantitative estimate of drug-likeness (QED) is 0.643. The monoisotopic (exact) mass is 337 g/mol. The Morgan fingerprint density at radius 2 is 1.48 bits per heavy atom. The molecule has 0 saturated carbocycles. The van der Waals surface area contributed by atoms with Crippen molar-refractivity contribution < 1.29 is 22.4 Å². The zero-order valence-electron chi connectivity index (χ0n) is 9.99. The first-order valence-corrected chi connectivity index (χ1v) is 6.12. The predicted molar refractivity (Wildman–Crippen MR) is 70.2 cm³/mol. The summed E-state index contributed by atoms with van der Waals surface area (Å²) in [5.74, 6) is -8.94. The van der Waals surface area contributed by atoms with Crippen LogP contribution in [-0.2, 0) is 0 Å². The van der Waals surface area contributed by atoms with Gasteiger partial charge >= 0.3 is 0 Å². The van der Waals surface area contributed by atoms with E-state index >= 15 is 0 Å². The SMILES string of the molecule is NC(=O)c1c(F)c(F)c(-c2ccc(Cl)cc2Cl)c(F)c1F. The fourth-order valence-corrected chi connectivity index (χ4v) is 2.28. The zero-order valence-corrected chi connectivity index (χ0v) is 11.5. The minimum atomic E-state index is -1.89. The third-order valence-corrected chi connectivity index (χ3v) is 3.26. The minimum Gasteiger partial charge on any atom is -0.365 e. The van der Waals surface area contributed by atoms with Gasteiger partial charge in [-0.3, -0.25) is 4.79 Å². The Morgan fingerprint density at radius 1 is 0.952 bits per heavy atom. The number of nitrogens with two attached hydrogens (primary N) is 1. The van der Waals surface area contributed by atoms with Gasteiger partial charge in [-0.2, -0.15) is 0 Å². The van der Waals surface area contributed by atoms with E-state index in [4.69, 9.17) is 28.9 Å². The normalized spacial score (nSPS) is 10.8. The number of primary amides is 1. The molecule has 2 rings (SSSR count). The molecule has 0 saturated heterocycles. The average Bonchev–Trinajstić information content (AvgIpc) is 2.39. The van der Waals surface area contributed by atoms with Crippen LogP contribution in [0.5, 0.6) is 0 Å². The van der Waals surface area contributed by atoms with Gasteiger partial charge in [-0.15, -0.1) is 0 Å².